The Morgan fingerprint density at radius 3 is 2.55 bits per heavy atom. The van der Waals surface area contributed by atoms with Crippen molar-refractivity contribution in [3.63, 3.8) is 0 Å². The van der Waals surface area contributed by atoms with Crippen molar-refractivity contribution in [2.24, 2.45) is 0 Å². The highest BCUT2D eigenvalue weighted by molar-refractivity contribution is 5.98. The lowest BCUT2D eigenvalue weighted by Crippen LogP contribution is -2.30. The first-order chi connectivity index (χ1) is 14.8. The highest BCUT2D eigenvalue weighted by Crippen LogP contribution is 2.30. The van der Waals surface area contributed by atoms with E-state index in [-0.39, 0.29) is 18.1 Å². The Morgan fingerprint density at radius 2 is 1.87 bits per heavy atom. The van der Waals surface area contributed by atoms with Crippen molar-refractivity contribution < 1.29 is 28.6 Å². The molecule has 3 aromatic rings. The molecule has 0 aliphatic rings. The summed E-state index contributed by atoms with van der Waals surface area (Å²) in [6.07, 6.45) is -0.938. The summed E-state index contributed by atoms with van der Waals surface area (Å²) >= 11 is 0. The molecule has 2 aromatic carbocycles. The summed E-state index contributed by atoms with van der Waals surface area (Å²) in [6, 6.07) is 13.2. The standard InChI is InChI=1S/C23H23FN2O5/c1-14(2)31-21(22(27)28)12-16-11-17(8-9-19(16)24)26(23(29)30-3)18-10-15-6-4-5-7-20(15)25-13-18/h4-11,13-14,21H,12H2,1-3H3,(H,27,28). The summed E-state index contributed by atoms with van der Waals surface area (Å²) in [5, 5.41) is 10.2. The topological polar surface area (TPSA) is 89.0 Å². The summed E-state index contributed by atoms with van der Waals surface area (Å²) < 4.78 is 24.8. The molecular formula is C23H23FN2O5. The van der Waals surface area contributed by atoms with Crippen molar-refractivity contribution in [2.75, 3.05) is 12.0 Å². The van der Waals surface area contributed by atoms with E-state index < -0.39 is 24.0 Å². The number of para-hydroxylation sites is 1. The summed E-state index contributed by atoms with van der Waals surface area (Å²) in [5.41, 5.74) is 1.60. The molecule has 31 heavy (non-hydrogen) atoms. The van der Waals surface area contributed by atoms with Crippen molar-refractivity contribution in [1.29, 1.82) is 0 Å². The number of aromatic nitrogens is 1. The molecule has 0 saturated heterocycles. The lowest BCUT2D eigenvalue weighted by molar-refractivity contribution is -0.153. The third-order valence-corrected chi connectivity index (χ3v) is 4.60. The number of fused-ring (bicyclic) bond motifs is 1. The van der Waals surface area contributed by atoms with Gasteiger partial charge < -0.3 is 14.6 Å². The molecule has 1 amide bonds. The number of pyridine rings is 1. The fraction of sp³-hybridized carbons (Fsp3) is 0.261. The minimum absolute atomic E-state index is 0.105. The van der Waals surface area contributed by atoms with E-state index >= 15 is 0 Å². The summed E-state index contributed by atoms with van der Waals surface area (Å²) in [7, 11) is 1.24. The number of carboxylic acids is 1. The molecular weight excluding hydrogens is 403 g/mol. The molecule has 0 bridgehead atoms. The maximum absolute atomic E-state index is 14.5. The molecule has 1 unspecified atom stereocenters. The molecule has 0 radical (unpaired) electrons. The van der Waals surface area contributed by atoms with Gasteiger partial charge in [-0.15, -0.1) is 0 Å². The second-order valence-electron chi connectivity index (χ2n) is 7.18. The van der Waals surface area contributed by atoms with Crippen LogP contribution < -0.4 is 4.90 Å². The molecule has 8 heteroatoms. The number of ether oxygens (including phenoxy) is 2. The second-order valence-corrected chi connectivity index (χ2v) is 7.18. The van der Waals surface area contributed by atoms with Gasteiger partial charge in [0, 0.05) is 11.8 Å². The van der Waals surface area contributed by atoms with Crippen molar-refractivity contribution in [3.8, 4) is 0 Å². The van der Waals surface area contributed by atoms with Crippen LogP contribution >= 0.6 is 0 Å². The predicted molar refractivity (Wildman–Crippen MR) is 114 cm³/mol. The molecule has 1 N–H and O–H groups in total. The van der Waals surface area contributed by atoms with Gasteiger partial charge in [0.25, 0.3) is 0 Å². The molecule has 162 valence electrons. The van der Waals surface area contributed by atoms with E-state index in [0.29, 0.717) is 11.4 Å². The van der Waals surface area contributed by atoms with Crippen molar-refractivity contribution in [3.05, 3.63) is 66.1 Å². The SMILES string of the molecule is COC(=O)N(c1ccc(F)c(CC(OC(C)C)C(=O)O)c1)c1cnc2ccccc2c1. The van der Waals surface area contributed by atoms with Gasteiger partial charge >= 0.3 is 12.1 Å². The van der Waals surface area contributed by atoms with Gasteiger partial charge in [0.1, 0.15) is 5.82 Å². The number of carboxylic acid groups (broad SMARTS) is 1. The largest absolute Gasteiger partial charge is 0.479 e. The Morgan fingerprint density at radius 1 is 1.13 bits per heavy atom. The van der Waals surface area contributed by atoms with E-state index in [9.17, 15) is 19.1 Å². The normalized spacial score (nSPS) is 12.0. The van der Waals surface area contributed by atoms with Crippen molar-refractivity contribution >= 4 is 34.3 Å². The maximum atomic E-state index is 14.5. The van der Waals surface area contributed by atoms with Gasteiger partial charge in [-0.25, -0.2) is 18.9 Å². The van der Waals surface area contributed by atoms with Crippen LogP contribution in [-0.4, -0.2) is 41.5 Å². The van der Waals surface area contributed by atoms with Crippen LogP contribution in [0.25, 0.3) is 10.9 Å². The number of benzene rings is 2. The average Bonchev–Trinajstić information content (AvgIpc) is 2.74. The maximum Gasteiger partial charge on any atom is 0.418 e. The number of hydrogen-bond donors (Lipinski definition) is 1. The van der Waals surface area contributed by atoms with E-state index in [1.54, 1.807) is 19.9 Å². The number of anilines is 2. The van der Waals surface area contributed by atoms with E-state index in [0.717, 1.165) is 10.9 Å². The summed E-state index contributed by atoms with van der Waals surface area (Å²) in [4.78, 5) is 29.7. The highest BCUT2D eigenvalue weighted by atomic mass is 19.1. The highest BCUT2D eigenvalue weighted by Gasteiger charge is 2.25. The van der Waals surface area contributed by atoms with Crippen LogP contribution in [0.2, 0.25) is 0 Å². The first-order valence-electron chi connectivity index (χ1n) is 9.69. The Kier molecular flexibility index (Phi) is 6.81. The Bertz CT molecular complexity index is 1100. The van der Waals surface area contributed by atoms with Crippen molar-refractivity contribution in [2.45, 2.75) is 32.5 Å². The van der Waals surface area contributed by atoms with Crippen LogP contribution in [-0.2, 0) is 20.7 Å². The number of carbonyl (C=O) groups excluding carboxylic acids is 1. The predicted octanol–water partition coefficient (Wildman–Crippen LogP) is 4.70. The zero-order chi connectivity index (χ0) is 22.5. The van der Waals surface area contributed by atoms with Gasteiger partial charge in [-0.2, -0.15) is 0 Å². The number of nitrogens with zero attached hydrogens (tertiary/aromatic N) is 2. The van der Waals surface area contributed by atoms with E-state index in [2.05, 4.69) is 4.98 Å². The summed E-state index contributed by atoms with van der Waals surface area (Å²) in [5.74, 6) is -1.79. The van der Waals surface area contributed by atoms with Crippen LogP contribution in [0.4, 0.5) is 20.6 Å². The number of carbonyl (C=O) groups is 2. The first kappa shape index (κ1) is 22.2. The number of amides is 1. The molecule has 0 saturated carbocycles. The van der Waals surface area contributed by atoms with Crippen LogP contribution in [0.3, 0.4) is 0 Å². The number of methoxy groups -OCH3 is 1. The molecule has 0 aliphatic heterocycles. The number of rotatable bonds is 7. The molecule has 1 heterocycles. The Labute approximate surface area is 179 Å². The molecule has 0 fully saturated rings. The molecule has 1 aromatic heterocycles. The third kappa shape index (κ3) is 5.16. The van der Waals surface area contributed by atoms with Gasteiger partial charge in [-0.3, -0.25) is 4.98 Å². The molecule has 7 nitrogen and oxygen atoms in total. The van der Waals surface area contributed by atoms with E-state index in [4.69, 9.17) is 9.47 Å². The van der Waals surface area contributed by atoms with E-state index in [1.165, 1.54) is 36.4 Å². The molecule has 1 atom stereocenters. The van der Waals surface area contributed by atoms with Gasteiger partial charge in [0.05, 0.1) is 36.3 Å². The number of hydrogen-bond acceptors (Lipinski definition) is 5. The number of halogens is 1. The Hall–Kier alpha value is -3.52. The minimum atomic E-state index is -1.22. The summed E-state index contributed by atoms with van der Waals surface area (Å²) in [6.45, 7) is 3.41. The second kappa shape index (κ2) is 9.53. The van der Waals surface area contributed by atoms with Crippen LogP contribution in [0.15, 0.2) is 54.7 Å². The van der Waals surface area contributed by atoms with E-state index in [1.807, 2.05) is 24.3 Å². The van der Waals surface area contributed by atoms with Crippen molar-refractivity contribution in [1.82, 2.24) is 4.98 Å². The van der Waals surface area contributed by atoms with Gasteiger partial charge in [0.2, 0.25) is 0 Å². The van der Waals surface area contributed by atoms with Crippen LogP contribution in [0, 0.1) is 5.82 Å². The number of aliphatic carboxylic acids is 1. The lowest BCUT2D eigenvalue weighted by atomic mass is 10.1. The molecule has 0 spiro atoms. The average molecular weight is 426 g/mol. The third-order valence-electron chi connectivity index (χ3n) is 4.60. The van der Waals surface area contributed by atoms with Gasteiger partial charge in [-0.05, 0) is 49.7 Å². The monoisotopic (exact) mass is 426 g/mol. The fourth-order valence-corrected chi connectivity index (χ4v) is 3.21. The smallest absolute Gasteiger partial charge is 0.418 e. The fourth-order valence-electron chi connectivity index (χ4n) is 3.21. The lowest BCUT2D eigenvalue weighted by Gasteiger charge is -2.23. The van der Waals surface area contributed by atoms with Crippen LogP contribution in [0.1, 0.15) is 19.4 Å². The quantitative estimate of drug-likeness (QED) is 0.589. The zero-order valence-electron chi connectivity index (χ0n) is 17.4. The minimum Gasteiger partial charge on any atom is -0.479 e. The first-order valence-corrected chi connectivity index (χ1v) is 9.69. The van der Waals surface area contributed by atoms with Gasteiger partial charge in [-0.1, -0.05) is 18.2 Å². The Balaban J connectivity index is 2.02. The molecule has 0 aliphatic carbocycles. The van der Waals surface area contributed by atoms with Crippen LogP contribution in [0.5, 0.6) is 0 Å². The van der Waals surface area contributed by atoms with Gasteiger partial charge in [0.15, 0.2) is 6.10 Å². The molecule has 3 rings (SSSR count). The zero-order valence-corrected chi connectivity index (χ0v) is 17.4.